The lowest BCUT2D eigenvalue weighted by atomic mass is 10.1. The third-order valence-corrected chi connectivity index (χ3v) is 3.69. The van der Waals surface area contributed by atoms with Gasteiger partial charge in [0.05, 0.1) is 6.54 Å². The molecule has 22 heavy (non-hydrogen) atoms. The van der Waals surface area contributed by atoms with Gasteiger partial charge in [0, 0.05) is 49.3 Å². The fourth-order valence-electron chi connectivity index (χ4n) is 2.50. The molecule has 1 aliphatic rings. The first kappa shape index (κ1) is 14.8. The Morgan fingerprint density at radius 1 is 0.773 bits per heavy atom. The summed E-state index contributed by atoms with van der Waals surface area (Å²) < 4.78 is 0. The maximum atomic E-state index is 4.51. The minimum absolute atomic E-state index is 0.797. The third kappa shape index (κ3) is 3.93. The first-order valence-corrected chi connectivity index (χ1v) is 7.79. The maximum Gasteiger partial charge on any atom is 0.0514 e. The molecule has 0 saturated carbocycles. The number of hydrogen-bond acceptors (Lipinski definition) is 4. The Morgan fingerprint density at radius 3 is 2.50 bits per heavy atom. The number of nitrogens with one attached hydrogen (secondary N) is 3. The van der Waals surface area contributed by atoms with E-state index in [0.717, 1.165) is 49.7 Å². The van der Waals surface area contributed by atoms with E-state index in [1.807, 2.05) is 18.3 Å². The number of rotatable bonds is 0. The van der Waals surface area contributed by atoms with Crippen LogP contribution >= 0.6 is 0 Å². The molecule has 0 unspecified atom stereocenters. The molecule has 3 N–H and O–H groups in total. The fourth-order valence-corrected chi connectivity index (χ4v) is 2.50. The molecular weight excluding hydrogens is 272 g/mol. The third-order valence-electron chi connectivity index (χ3n) is 3.69. The maximum absolute atomic E-state index is 4.51. The molecule has 0 aliphatic carbocycles. The molecule has 114 valence electrons. The lowest BCUT2D eigenvalue weighted by Crippen LogP contribution is -2.28. The van der Waals surface area contributed by atoms with E-state index in [4.69, 9.17) is 0 Å². The summed E-state index contributed by atoms with van der Waals surface area (Å²) in [6, 6.07) is 16.7. The first-order chi connectivity index (χ1) is 10.9. The van der Waals surface area contributed by atoms with Crippen molar-refractivity contribution in [3.8, 4) is 0 Å². The van der Waals surface area contributed by atoms with Gasteiger partial charge >= 0.3 is 0 Å². The van der Waals surface area contributed by atoms with Gasteiger partial charge in [0.15, 0.2) is 0 Å². The van der Waals surface area contributed by atoms with Crippen molar-refractivity contribution in [2.75, 3.05) is 31.5 Å². The Labute approximate surface area is 131 Å². The number of benzene rings is 2. The van der Waals surface area contributed by atoms with Gasteiger partial charge in [-0.2, -0.15) is 0 Å². The lowest BCUT2D eigenvalue weighted by molar-refractivity contribution is 0.615. The molecule has 4 heteroatoms. The van der Waals surface area contributed by atoms with E-state index < -0.39 is 0 Å². The second kappa shape index (κ2) is 7.73. The van der Waals surface area contributed by atoms with Crippen LogP contribution < -0.4 is 16.0 Å². The fraction of sp³-hybridized carbons (Fsp3) is 0.278. The van der Waals surface area contributed by atoms with Gasteiger partial charge in [-0.1, -0.05) is 36.4 Å². The number of para-hydroxylation sites is 2. The van der Waals surface area contributed by atoms with Crippen molar-refractivity contribution in [1.29, 1.82) is 0 Å². The van der Waals surface area contributed by atoms with E-state index in [-0.39, 0.29) is 0 Å². The SMILES string of the molecule is C1=NCCNCCNCc2ccccc2Nc2ccccc21. The Kier molecular flexibility index (Phi) is 5.18. The Bertz CT molecular complexity index is 636. The van der Waals surface area contributed by atoms with Gasteiger partial charge < -0.3 is 16.0 Å². The minimum Gasteiger partial charge on any atom is -0.355 e. The predicted octanol–water partition coefficient (Wildman–Crippen LogP) is 2.54. The Morgan fingerprint density at radius 2 is 1.55 bits per heavy atom. The largest absolute Gasteiger partial charge is 0.355 e. The zero-order valence-electron chi connectivity index (χ0n) is 12.7. The highest BCUT2D eigenvalue weighted by Gasteiger charge is 2.05. The van der Waals surface area contributed by atoms with Gasteiger partial charge in [0.2, 0.25) is 0 Å². The molecule has 0 amide bonds. The molecule has 1 heterocycles. The summed E-state index contributed by atoms with van der Waals surface area (Å²) in [6.07, 6.45) is 1.96. The highest BCUT2D eigenvalue weighted by atomic mass is 15.0. The van der Waals surface area contributed by atoms with Crippen molar-refractivity contribution in [3.63, 3.8) is 0 Å². The van der Waals surface area contributed by atoms with E-state index >= 15 is 0 Å². The lowest BCUT2D eigenvalue weighted by Gasteiger charge is -2.15. The van der Waals surface area contributed by atoms with E-state index in [2.05, 4.69) is 57.3 Å². The van der Waals surface area contributed by atoms with E-state index in [9.17, 15) is 0 Å². The average Bonchev–Trinajstić information content (AvgIpc) is 2.55. The van der Waals surface area contributed by atoms with Crippen molar-refractivity contribution in [2.45, 2.75) is 6.54 Å². The summed E-state index contributed by atoms with van der Waals surface area (Å²) in [5.41, 5.74) is 4.61. The van der Waals surface area contributed by atoms with Crippen LogP contribution in [0.15, 0.2) is 53.5 Å². The second-order valence-electron chi connectivity index (χ2n) is 5.33. The van der Waals surface area contributed by atoms with Crippen LogP contribution in [0.5, 0.6) is 0 Å². The molecule has 0 bridgehead atoms. The second-order valence-corrected chi connectivity index (χ2v) is 5.33. The zero-order valence-corrected chi connectivity index (χ0v) is 12.7. The molecule has 0 fully saturated rings. The zero-order chi connectivity index (χ0) is 15.0. The molecule has 4 nitrogen and oxygen atoms in total. The van der Waals surface area contributed by atoms with Crippen LogP contribution in [-0.4, -0.2) is 32.4 Å². The average molecular weight is 294 g/mol. The van der Waals surface area contributed by atoms with Crippen LogP contribution in [0.4, 0.5) is 11.4 Å². The molecule has 0 radical (unpaired) electrons. The summed E-state index contributed by atoms with van der Waals surface area (Å²) in [7, 11) is 0. The summed E-state index contributed by atoms with van der Waals surface area (Å²) in [5.74, 6) is 0. The molecule has 0 aromatic heterocycles. The monoisotopic (exact) mass is 294 g/mol. The van der Waals surface area contributed by atoms with E-state index in [1.165, 1.54) is 5.56 Å². The van der Waals surface area contributed by atoms with Gasteiger partial charge in [-0.05, 0) is 17.7 Å². The van der Waals surface area contributed by atoms with Crippen molar-refractivity contribution in [1.82, 2.24) is 10.6 Å². The highest BCUT2D eigenvalue weighted by Crippen LogP contribution is 2.23. The molecule has 0 saturated heterocycles. The summed E-state index contributed by atoms with van der Waals surface area (Å²) in [4.78, 5) is 4.51. The van der Waals surface area contributed by atoms with Crippen molar-refractivity contribution >= 4 is 17.6 Å². The van der Waals surface area contributed by atoms with Gasteiger partial charge in [0.1, 0.15) is 0 Å². The van der Waals surface area contributed by atoms with Crippen LogP contribution in [0.2, 0.25) is 0 Å². The van der Waals surface area contributed by atoms with Crippen LogP contribution in [0.3, 0.4) is 0 Å². The molecule has 3 rings (SSSR count). The van der Waals surface area contributed by atoms with Gasteiger partial charge in [0.25, 0.3) is 0 Å². The minimum atomic E-state index is 0.797. The topological polar surface area (TPSA) is 48.5 Å². The summed E-state index contributed by atoms with van der Waals surface area (Å²) >= 11 is 0. The molecule has 2 aromatic rings. The summed E-state index contributed by atoms with van der Waals surface area (Å²) in [6.45, 7) is 4.48. The Hall–Kier alpha value is -2.17. The van der Waals surface area contributed by atoms with Crippen LogP contribution in [0, 0.1) is 0 Å². The van der Waals surface area contributed by atoms with Crippen LogP contribution in [0.25, 0.3) is 0 Å². The molecule has 0 atom stereocenters. The van der Waals surface area contributed by atoms with Gasteiger partial charge in [-0.25, -0.2) is 0 Å². The first-order valence-electron chi connectivity index (χ1n) is 7.79. The van der Waals surface area contributed by atoms with E-state index in [1.54, 1.807) is 0 Å². The van der Waals surface area contributed by atoms with Crippen molar-refractivity contribution in [3.05, 3.63) is 59.7 Å². The quantitative estimate of drug-likeness (QED) is 0.700. The smallest absolute Gasteiger partial charge is 0.0514 e. The van der Waals surface area contributed by atoms with Crippen molar-refractivity contribution in [2.24, 2.45) is 4.99 Å². The van der Waals surface area contributed by atoms with Gasteiger partial charge in [-0.3, -0.25) is 4.99 Å². The number of anilines is 2. The highest BCUT2D eigenvalue weighted by molar-refractivity contribution is 5.89. The molecule has 1 aliphatic heterocycles. The molecule has 2 aromatic carbocycles. The van der Waals surface area contributed by atoms with Crippen LogP contribution in [-0.2, 0) is 6.54 Å². The number of hydrogen-bond donors (Lipinski definition) is 3. The standard InChI is InChI=1S/C18H22N4/c1-3-7-17-15(5-1)13-20-11-9-19-10-12-21-14-16-6-2-4-8-18(16)22-17/h1-8,13,19,21-22H,9-12,14H2. The predicted molar refractivity (Wildman–Crippen MR) is 93.2 cm³/mol. The van der Waals surface area contributed by atoms with Gasteiger partial charge in [-0.15, -0.1) is 0 Å². The number of fused-ring (bicyclic) bond motifs is 2. The van der Waals surface area contributed by atoms with Crippen LogP contribution in [0.1, 0.15) is 11.1 Å². The number of aliphatic imine (C=N–C) groups is 1. The van der Waals surface area contributed by atoms with E-state index in [0.29, 0.717) is 0 Å². The normalized spacial score (nSPS) is 16.0. The number of nitrogens with zero attached hydrogens (tertiary/aromatic N) is 1. The summed E-state index contributed by atoms with van der Waals surface area (Å²) in [5, 5.41) is 10.4. The van der Waals surface area contributed by atoms with Crippen molar-refractivity contribution < 1.29 is 0 Å². The molecular formula is C18H22N4. The Balaban J connectivity index is 1.91. The molecule has 0 spiro atoms.